The monoisotopic (exact) mass is 284 g/mol. The van der Waals surface area contributed by atoms with Gasteiger partial charge in [-0.05, 0) is 24.5 Å². The molecule has 0 aliphatic heterocycles. The van der Waals surface area contributed by atoms with Crippen LogP contribution < -0.4 is 10.6 Å². The van der Waals surface area contributed by atoms with Crippen LogP contribution in [0.2, 0.25) is 0 Å². The summed E-state index contributed by atoms with van der Waals surface area (Å²) in [6.07, 6.45) is 5.25. The van der Waals surface area contributed by atoms with Crippen molar-refractivity contribution in [2.75, 3.05) is 17.2 Å². The normalized spacial score (nSPS) is 10.4. The van der Waals surface area contributed by atoms with Gasteiger partial charge in [0, 0.05) is 19.2 Å². The molecule has 0 saturated heterocycles. The third-order valence-corrected chi connectivity index (χ3v) is 3.47. The van der Waals surface area contributed by atoms with Crippen LogP contribution in [0.5, 0.6) is 0 Å². The second-order valence-electron chi connectivity index (χ2n) is 5.20. The predicted octanol–water partition coefficient (Wildman–Crippen LogP) is 4.00. The van der Waals surface area contributed by atoms with Crippen LogP contribution in [-0.4, -0.2) is 16.5 Å². The van der Waals surface area contributed by atoms with E-state index in [0.29, 0.717) is 0 Å². The Balaban J connectivity index is 1.87. The van der Waals surface area contributed by atoms with Crippen molar-refractivity contribution >= 4 is 11.6 Å². The van der Waals surface area contributed by atoms with Crippen LogP contribution in [0.25, 0.3) is 0 Å². The van der Waals surface area contributed by atoms with E-state index in [2.05, 4.69) is 58.7 Å². The molecule has 0 amide bonds. The molecule has 0 radical (unpaired) electrons. The number of anilines is 2. The lowest BCUT2D eigenvalue weighted by atomic mass is 10.1. The average molecular weight is 284 g/mol. The Kier molecular flexibility index (Phi) is 6.00. The van der Waals surface area contributed by atoms with Crippen LogP contribution in [0.4, 0.5) is 11.6 Å². The third kappa shape index (κ3) is 5.06. The Morgan fingerprint density at radius 2 is 1.76 bits per heavy atom. The van der Waals surface area contributed by atoms with E-state index >= 15 is 0 Å². The maximum atomic E-state index is 4.27. The first-order valence-electron chi connectivity index (χ1n) is 7.64. The molecule has 112 valence electrons. The second kappa shape index (κ2) is 8.25. The van der Waals surface area contributed by atoms with Crippen molar-refractivity contribution in [3.63, 3.8) is 0 Å². The van der Waals surface area contributed by atoms with Crippen LogP contribution in [0.3, 0.4) is 0 Å². The molecule has 0 unspecified atom stereocenters. The first-order valence-corrected chi connectivity index (χ1v) is 7.64. The van der Waals surface area contributed by atoms with Gasteiger partial charge < -0.3 is 10.6 Å². The Morgan fingerprint density at radius 3 is 2.52 bits per heavy atom. The summed E-state index contributed by atoms with van der Waals surface area (Å²) in [4.78, 5) is 8.51. The molecule has 2 rings (SSSR count). The van der Waals surface area contributed by atoms with Crippen LogP contribution in [0, 0.1) is 6.92 Å². The number of benzene rings is 1. The van der Waals surface area contributed by atoms with Crippen molar-refractivity contribution in [1.82, 2.24) is 9.97 Å². The number of hydrogen-bond donors (Lipinski definition) is 2. The number of unbranched alkanes of at least 4 members (excludes halogenated alkanes) is 2. The molecule has 2 aromatic rings. The van der Waals surface area contributed by atoms with Gasteiger partial charge in [-0.25, -0.2) is 9.97 Å². The SMILES string of the molecule is CCCCCNc1cc(NCc2ccccc2C)ncn1. The molecule has 1 heterocycles. The van der Waals surface area contributed by atoms with Gasteiger partial charge in [-0.3, -0.25) is 0 Å². The van der Waals surface area contributed by atoms with Crippen molar-refractivity contribution in [2.24, 2.45) is 0 Å². The van der Waals surface area contributed by atoms with E-state index in [9.17, 15) is 0 Å². The van der Waals surface area contributed by atoms with Gasteiger partial charge >= 0.3 is 0 Å². The fraction of sp³-hybridized carbons (Fsp3) is 0.412. The smallest absolute Gasteiger partial charge is 0.131 e. The number of aromatic nitrogens is 2. The van der Waals surface area contributed by atoms with Crippen molar-refractivity contribution in [1.29, 1.82) is 0 Å². The molecule has 4 heteroatoms. The molecule has 0 spiro atoms. The summed E-state index contributed by atoms with van der Waals surface area (Å²) >= 11 is 0. The largest absolute Gasteiger partial charge is 0.370 e. The van der Waals surface area contributed by atoms with Crippen LogP contribution in [-0.2, 0) is 6.54 Å². The lowest BCUT2D eigenvalue weighted by molar-refractivity contribution is 0.742. The van der Waals surface area contributed by atoms with E-state index in [1.165, 1.54) is 30.4 Å². The average Bonchev–Trinajstić information content (AvgIpc) is 2.51. The van der Waals surface area contributed by atoms with Crippen LogP contribution >= 0.6 is 0 Å². The minimum absolute atomic E-state index is 0.777. The summed E-state index contributed by atoms with van der Waals surface area (Å²) in [5, 5.41) is 6.69. The summed E-state index contributed by atoms with van der Waals surface area (Å²) in [5.41, 5.74) is 2.57. The van der Waals surface area contributed by atoms with Gasteiger partial charge in [-0.2, -0.15) is 0 Å². The van der Waals surface area contributed by atoms with Crippen molar-refractivity contribution in [3.05, 3.63) is 47.8 Å². The van der Waals surface area contributed by atoms with Crippen LogP contribution in [0.1, 0.15) is 37.3 Å². The van der Waals surface area contributed by atoms with Gasteiger partial charge in [0.1, 0.15) is 18.0 Å². The highest BCUT2D eigenvalue weighted by Crippen LogP contribution is 2.12. The summed E-state index contributed by atoms with van der Waals surface area (Å²) in [7, 11) is 0. The lowest BCUT2D eigenvalue weighted by Gasteiger charge is -2.10. The summed E-state index contributed by atoms with van der Waals surface area (Å²) < 4.78 is 0. The molecule has 0 atom stereocenters. The number of rotatable bonds is 8. The van der Waals surface area contributed by atoms with E-state index < -0.39 is 0 Å². The number of aryl methyl sites for hydroxylation is 1. The van der Waals surface area contributed by atoms with Gasteiger partial charge in [0.25, 0.3) is 0 Å². The van der Waals surface area contributed by atoms with Crippen LogP contribution in [0.15, 0.2) is 36.7 Å². The van der Waals surface area contributed by atoms with Crippen molar-refractivity contribution in [2.45, 2.75) is 39.7 Å². The molecule has 1 aromatic heterocycles. The zero-order valence-electron chi connectivity index (χ0n) is 12.9. The van der Waals surface area contributed by atoms with Gasteiger partial charge in [-0.1, -0.05) is 44.0 Å². The molecule has 21 heavy (non-hydrogen) atoms. The predicted molar refractivity (Wildman–Crippen MR) is 88.6 cm³/mol. The highest BCUT2D eigenvalue weighted by Gasteiger charge is 2.00. The highest BCUT2D eigenvalue weighted by atomic mass is 15.1. The van der Waals surface area contributed by atoms with Gasteiger partial charge in [0.2, 0.25) is 0 Å². The topological polar surface area (TPSA) is 49.8 Å². The Bertz CT molecular complexity index is 554. The second-order valence-corrected chi connectivity index (χ2v) is 5.20. The van der Waals surface area contributed by atoms with Crippen molar-refractivity contribution in [3.8, 4) is 0 Å². The summed E-state index contributed by atoms with van der Waals surface area (Å²) in [6, 6.07) is 10.3. The Morgan fingerprint density at radius 1 is 1.00 bits per heavy atom. The van der Waals surface area contributed by atoms with E-state index in [-0.39, 0.29) is 0 Å². The molecule has 0 fully saturated rings. The minimum atomic E-state index is 0.777. The first-order chi connectivity index (χ1) is 10.3. The molecule has 0 aliphatic carbocycles. The summed E-state index contributed by atoms with van der Waals surface area (Å²) in [6.45, 7) is 6.07. The van der Waals surface area contributed by atoms with Gasteiger partial charge in [0.05, 0.1) is 0 Å². The minimum Gasteiger partial charge on any atom is -0.370 e. The first kappa shape index (κ1) is 15.3. The Hall–Kier alpha value is -2.10. The zero-order chi connectivity index (χ0) is 14.9. The third-order valence-electron chi connectivity index (χ3n) is 3.47. The molecule has 2 N–H and O–H groups in total. The highest BCUT2D eigenvalue weighted by molar-refractivity contribution is 5.47. The van der Waals surface area contributed by atoms with E-state index in [4.69, 9.17) is 0 Å². The fourth-order valence-corrected chi connectivity index (χ4v) is 2.14. The van der Waals surface area contributed by atoms with Gasteiger partial charge in [0.15, 0.2) is 0 Å². The molecule has 0 bridgehead atoms. The number of hydrogen-bond acceptors (Lipinski definition) is 4. The standard InChI is InChI=1S/C17H24N4/c1-3-4-7-10-18-16-11-17(21-13-20-16)19-12-15-9-6-5-8-14(15)2/h5-6,8-9,11,13H,3-4,7,10,12H2,1-2H3,(H2,18,19,20,21). The number of nitrogens with one attached hydrogen (secondary N) is 2. The maximum Gasteiger partial charge on any atom is 0.131 e. The maximum absolute atomic E-state index is 4.27. The number of nitrogens with zero attached hydrogens (tertiary/aromatic N) is 2. The molecular formula is C17H24N4. The quantitative estimate of drug-likeness (QED) is 0.719. The Labute approximate surface area is 127 Å². The molecule has 0 aliphatic rings. The van der Waals surface area contributed by atoms with E-state index in [0.717, 1.165) is 24.7 Å². The van der Waals surface area contributed by atoms with Crippen molar-refractivity contribution < 1.29 is 0 Å². The van der Waals surface area contributed by atoms with E-state index in [1.54, 1.807) is 6.33 Å². The molecule has 1 aromatic carbocycles. The molecule has 0 saturated carbocycles. The zero-order valence-corrected chi connectivity index (χ0v) is 12.9. The lowest BCUT2D eigenvalue weighted by Crippen LogP contribution is -2.06. The fourth-order valence-electron chi connectivity index (χ4n) is 2.14. The molecular weight excluding hydrogens is 260 g/mol. The van der Waals surface area contributed by atoms with E-state index in [1.807, 2.05) is 6.07 Å². The summed E-state index contributed by atoms with van der Waals surface area (Å²) in [5.74, 6) is 1.74. The van der Waals surface area contributed by atoms with Gasteiger partial charge in [-0.15, -0.1) is 0 Å². The molecule has 4 nitrogen and oxygen atoms in total.